The lowest BCUT2D eigenvalue weighted by Gasteiger charge is -2.42. The molecule has 0 saturated carbocycles. The van der Waals surface area contributed by atoms with Crippen LogP contribution in [0.25, 0.3) is 11.1 Å². The van der Waals surface area contributed by atoms with E-state index < -0.39 is 29.2 Å². The zero-order valence-electron chi connectivity index (χ0n) is 35.0. The third-order valence-electron chi connectivity index (χ3n) is 10.8. The maximum absolute atomic E-state index is 15.2. The third kappa shape index (κ3) is 13.5. The average Bonchev–Trinajstić information content (AvgIpc) is 3.94. The number of halogens is 2. The molecule has 13 nitrogen and oxygen atoms in total. The highest BCUT2D eigenvalue weighted by Gasteiger charge is 2.39. The van der Waals surface area contributed by atoms with Gasteiger partial charge >= 0.3 is 6.09 Å². The van der Waals surface area contributed by atoms with Crippen molar-refractivity contribution in [2.24, 2.45) is 11.3 Å². The lowest BCUT2D eigenvalue weighted by molar-refractivity contribution is -0.137. The molecule has 61 heavy (non-hydrogen) atoms. The summed E-state index contributed by atoms with van der Waals surface area (Å²) in [5.74, 6) is -2.09. The van der Waals surface area contributed by atoms with Crippen LogP contribution in [0.1, 0.15) is 76.6 Å². The molecule has 328 valence electrons. The van der Waals surface area contributed by atoms with Crippen molar-refractivity contribution in [2.45, 2.75) is 71.9 Å². The zero-order valence-corrected chi connectivity index (χ0v) is 35.9. The first-order chi connectivity index (χ1) is 29.1. The molecule has 1 aromatic heterocycles. The molecule has 6 amide bonds. The van der Waals surface area contributed by atoms with Crippen molar-refractivity contribution in [2.75, 3.05) is 50.8 Å². The van der Waals surface area contributed by atoms with Gasteiger partial charge in [0.15, 0.2) is 0 Å². The fourth-order valence-corrected chi connectivity index (χ4v) is 8.58. The molecule has 16 heteroatoms. The molecule has 3 N–H and O–H groups in total. The summed E-state index contributed by atoms with van der Waals surface area (Å²) < 4.78 is 31.7. The maximum atomic E-state index is 15.2. The van der Waals surface area contributed by atoms with Crippen LogP contribution >= 0.6 is 11.8 Å². The zero-order chi connectivity index (χ0) is 44.1. The summed E-state index contributed by atoms with van der Waals surface area (Å²) in [5.41, 5.74) is 1.68. The van der Waals surface area contributed by atoms with E-state index in [9.17, 15) is 38.3 Å². The van der Waals surface area contributed by atoms with Crippen LogP contribution in [0.5, 0.6) is 0 Å². The topological polar surface area (TPSA) is 161 Å². The van der Waals surface area contributed by atoms with Crippen molar-refractivity contribution in [3.8, 4) is 11.1 Å². The summed E-state index contributed by atoms with van der Waals surface area (Å²) in [7, 11) is 0. The monoisotopic (exact) mass is 862 g/mol. The molecule has 2 aromatic carbocycles. The third-order valence-corrected chi connectivity index (χ3v) is 11.7. The van der Waals surface area contributed by atoms with Crippen LogP contribution in [-0.4, -0.2) is 111 Å². The number of rotatable bonds is 21. The summed E-state index contributed by atoms with van der Waals surface area (Å²) in [5, 5.41) is 15.3. The smallest absolute Gasteiger partial charge is 0.407 e. The Morgan fingerprint density at radius 1 is 0.918 bits per heavy atom. The molecular weight excluding hydrogens is 807 g/mol. The number of aromatic nitrogens is 1. The molecule has 1 unspecified atom stereocenters. The van der Waals surface area contributed by atoms with Crippen LogP contribution in [-0.2, 0) is 30.5 Å². The molecule has 3 aromatic rings. The Morgan fingerprint density at radius 2 is 1.61 bits per heavy atom. The van der Waals surface area contributed by atoms with E-state index in [-0.39, 0.29) is 85.8 Å². The minimum absolute atomic E-state index is 0.0532. The van der Waals surface area contributed by atoms with Gasteiger partial charge in [-0.05, 0) is 60.4 Å². The molecule has 0 radical (unpaired) electrons. The Labute approximate surface area is 359 Å². The number of carbonyl (C=O) groups excluding carboxylic acids is 5. The van der Waals surface area contributed by atoms with Crippen molar-refractivity contribution < 1.29 is 42.7 Å². The first-order valence-electron chi connectivity index (χ1n) is 20.7. The SMILES string of the molecule is CC(C)(C)[C@H](c1cc(-c2cc(F)ccc2F)cn1Cc1ccccc1)N(CC1CCN(C(=O)O)C1)C(=O)CSCCC(=O)NCCNC(=O)CCCCCN1C(=O)C=CC1=O. The summed E-state index contributed by atoms with van der Waals surface area (Å²) in [6, 6.07) is 14.3. The predicted molar refractivity (Wildman–Crippen MR) is 229 cm³/mol. The van der Waals surface area contributed by atoms with Gasteiger partial charge in [0.25, 0.3) is 11.8 Å². The second kappa shape index (κ2) is 21.8. The number of carboxylic acid groups (broad SMARTS) is 1. The molecule has 5 rings (SSSR count). The molecule has 2 aliphatic rings. The van der Waals surface area contributed by atoms with Gasteiger partial charge in [0, 0.05) is 99.6 Å². The minimum Gasteiger partial charge on any atom is -0.465 e. The normalized spacial score (nSPS) is 15.7. The van der Waals surface area contributed by atoms with E-state index in [1.807, 2.05) is 61.7 Å². The standard InChI is InChI=1S/C45H56F2N6O7S/c1-45(2,3)43(37-24-33(35-25-34(46)13-14-36(35)47)29-51(37)26-31-10-6-4-7-11-31)53(28-32-17-22-50(27-32)44(59)60)42(58)30-61-23-18-39(55)49-20-19-48-38(54)12-8-5-9-21-52-40(56)15-16-41(52)57/h4,6-7,10-11,13-16,24-25,29,32,43H,5,8-9,12,17-23,26-28,30H2,1-3H3,(H,48,54)(H,49,55)(H,59,60)/t32?,43-/m0/s1. The Bertz CT molecular complexity index is 2050. The van der Waals surface area contributed by atoms with E-state index in [2.05, 4.69) is 10.6 Å². The van der Waals surface area contributed by atoms with Crippen molar-refractivity contribution in [1.82, 2.24) is 29.9 Å². The van der Waals surface area contributed by atoms with E-state index in [4.69, 9.17) is 0 Å². The molecule has 3 heterocycles. The van der Waals surface area contributed by atoms with E-state index >= 15 is 4.39 Å². The van der Waals surface area contributed by atoms with Gasteiger partial charge in [-0.3, -0.25) is 28.9 Å². The number of amides is 6. The first-order valence-corrected chi connectivity index (χ1v) is 21.9. The van der Waals surface area contributed by atoms with Crippen LogP contribution < -0.4 is 10.6 Å². The lowest BCUT2D eigenvalue weighted by atomic mass is 9.82. The minimum atomic E-state index is -1.01. The Hall–Kier alpha value is -5.51. The van der Waals surface area contributed by atoms with Crippen LogP contribution in [0.15, 0.2) is 72.9 Å². The molecule has 1 fully saturated rings. The van der Waals surface area contributed by atoms with Crippen molar-refractivity contribution in [3.63, 3.8) is 0 Å². The average molecular weight is 863 g/mol. The van der Waals surface area contributed by atoms with Gasteiger partial charge < -0.3 is 30.1 Å². The molecular formula is C45H56F2N6O7S. The molecule has 1 saturated heterocycles. The number of nitrogens with zero attached hydrogens (tertiary/aromatic N) is 4. The molecule has 0 aliphatic carbocycles. The lowest BCUT2D eigenvalue weighted by Crippen LogP contribution is -2.45. The second-order valence-corrected chi connectivity index (χ2v) is 17.7. The van der Waals surface area contributed by atoms with Gasteiger partial charge in [0.05, 0.1) is 11.8 Å². The van der Waals surface area contributed by atoms with E-state index in [1.54, 1.807) is 11.1 Å². The van der Waals surface area contributed by atoms with Crippen molar-refractivity contribution in [3.05, 3.63) is 95.8 Å². The van der Waals surface area contributed by atoms with Crippen LogP contribution in [0.4, 0.5) is 13.6 Å². The number of nitrogens with one attached hydrogen (secondary N) is 2. The highest BCUT2D eigenvalue weighted by atomic mass is 32.2. The van der Waals surface area contributed by atoms with Crippen molar-refractivity contribution >= 4 is 47.4 Å². The highest BCUT2D eigenvalue weighted by Crippen LogP contribution is 2.42. The Balaban J connectivity index is 1.20. The molecule has 2 atom stereocenters. The van der Waals surface area contributed by atoms with Crippen LogP contribution in [0, 0.1) is 23.0 Å². The van der Waals surface area contributed by atoms with Crippen molar-refractivity contribution in [1.29, 1.82) is 0 Å². The number of likely N-dealkylation sites (tertiary alicyclic amines) is 1. The number of benzene rings is 2. The summed E-state index contributed by atoms with van der Waals surface area (Å²) >= 11 is 1.31. The molecule has 0 bridgehead atoms. The Kier molecular flexibility index (Phi) is 16.7. The summed E-state index contributed by atoms with van der Waals surface area (Å²) in [6.07, 6.45) is 6.17. The fraction of sp³-hybridized carbons (Fsp3) is 0.467. The number of carbonyl (C=O) groups is 6. The number of thioether (sulfide) groups is 1. The van der Waals surface area contributed by atoms with Crippen LogP contribution in [0.3, 0.4) is 0 Å². The number of unbranched alkanes of at least 4 members (excludes halogenated alkanes) is 2. The number of imide groups is 1. The highest BCUT2D eigenvalue weighted by molar-refractivity contribution is 7.99. The van der Waals surface area contributed by atoms with Gasteiger partial charge in [0.1, 0.15) is 11.6 Å². The van der Waals surface area contributed by atoms with Gasteiger partial charge in [-0.15, -0.1) is 0 Å². The molecule has 2 aliphatic heterocycles. The van der Waals surface area contributed by atoms with Gasteiger partial charge in [0.2, 0.25) is 17.7 Å². The summed E-state index contributed by atoms with van der Waals surface area (Å²) in [6.45, 7) is 8.16. The second-order valence-electron chi connectivity index (χ2n) is 16.6. The number of hydrogen-bond acceptors (Lipinski definition) is 7. The van der Waals surface area contributed by atoms with Gasteiger partial charge in [-0.2, -0.15) is 11.8 Å². The molecule has 0 spiro atoms. The fourth-order valence-electron chi connectivity index (χ4n) is 7.77. The Morgan fingerprint density at radius 3 is 2.26 bits per heavy atom. The summed E-state index contributed by atoms with van der Waals surface area (Å²) in [4.78, 5) is 78.8. The number of hydrogen-bond donors (Lipinski definition) is 3. The van der Waals surface area contributed by atoms with Gasteiger partial charge in [-0.1, -0.05) is 57.5 Å². The van der Waals surface area contributed by atoms with Gasteiger partial charge in [-0.25, -0.2) is 13.6 Å². The quantitative estimate of drug-likeness (QED) is 0.0839. The predicted octanol–water partition coefficient (Wildman–Crippen LogP) is 6.24. The van der Waals surface area contributed by atoms with E-state index in [0.29, 0.717) is 56.6 Å². The van der Waals surface area contributed by atoms with Crippen LogP contribution in [0.2, 0.25) is 0 Å². The van der Waals surface area contributed by atoms with E-state index in [1.165, 1.54) is 33.7 Å². The largest absolute Gasteiger partial charge is 0.465 e. The van der Waals surface area contributed by atoms with E-state index in [0.717, 1.165) is 29.5 Å². The maximum Gasteiger partial charge on any atom is 0.407 e. The first kappa shape index (κ1) is 46.6.